The van der Waals surface area contributed by atoms with Crippen LogP contribution in [0.3, 0.4) is 0 Å². The van der Waals surface area contributed by atoms with E-state index in [1.165, 1.54) is 0 Å². The summed E-state index contributed by atoms with van der Waals surface area (Å²) in [5, 5.41) is 8.67. The second-order valence-corrected chi connectivity index (χ2v) is 4.75. The standard InChI is InChI=1S/C15H8F3NO3/c16-7-1-2-9-12(5-7)19(6-13(20)21)14-10(15(9)22)3-8(17)4-11(14)18/h1-5H,6H2,(H,20,21). The average molecular weight is 307 g/mol. The van der Waals surface area contributed by atoms with Crippen molar-refractivity contribution in [3.05, 3.63) is 58.0 Å². The zero-order valence-corrected chi connectivity index (χ0v) is 10.9. The lowest BCUT2D eigenvalue weighted by Crippen LogP contribution is -2.17. The number of aliphatic carboxylic acids is 1. The number of pyridine rings is 1. The molecule has 2 aromatic carbocycles. The SMILES string of the molecule is O=C(O)Cn1c2cc(F)ccc2c(=O)c2cc(F)cc(F)c21. The van der Waals surface area contributed by atoms with Crippen molar-refractivity contribution in [3.63, 3.8) is 0 Å². The Morgan fingerprint density at radius 2 is 1.77 bits per heavy atom. The number of carboxylic acid groups (broad SMARTS) is 1. The number of hydrogen-bond acceptors (Lipinski definition) is 2. The van der Waals surface area contributed by atoms with Crippen LogP contribution in [0.1, 0.15) is 0 Å². The fourth-order valence-electron chi connectivity index (χ4n) is 2.50. The van der Waals surface area contributed by atoms with Crippen LogP contribution in [0.4, 0.5) is 13.2 Å². The molecule has 3 aromatic rings. The molecule has 0 aliphatic heterocycles. The maximum absolute atomic E-state index is 14.1. The third kappa shape index (κ3) is 2.11. The Kier molecular flexibility index (Phi) is 3.13. The summed E-state index contributed by atoms with van der Waals surface area (Å²) in [6, 6.07) is 4.51. The molecule has 3 rings (SSSR count). The first-order valence-corrected chi connectivity index (χ1v) is 6.21. The summed E-state index contributed by atoms with van der Waals surface area (Å²) in [5.41, 5.74) is -1.12. The van der Waals surface area contributed by atoms with Gasteiger partial charge in [-0.2, -0.15) is 0 Å². The minimum Gasteiger partial charge on any atom is -0.480 e. The summed E-state index contributed by atoms with van der Waals surface area (Å²) >= 11 is 0. The van der Waals surface area contributed by atoms with E-state index in [9.17, 15) is 22.8 Å². The van der Waals surface area contributed by atoms with Crippen LogP contribution in [0.5, 0.6) is 0 Å². The molecule has 0 unspecified atom stereocenters. The smallest absolute Gasteiger partial charge is 0.323 e. The lowest BCUT2D eigenvalue weighted by Gasteiger charge is -2.14. The van der Waals surface area contributed by atoms with Crippen molar-refractivity contribution in [2.45, 2.75) is 6.54 Å². The Labute approximate surface area is 121 Å². The first-order valence-electron chi connectivity index (χ1n) is 6.21. The van der Waals surface area contributed by atoms with E-state index in [1.807, 2.05) is 0 Å². The monoisotopic (exact) mass is 307 g/mol. The van der Waals surface area contributed by atoms with E-state index in [0.29, 0.717) is 6.07 Å². The molecule has 4 nitrogen and oxygen atoms in total. The van der Waals surface area contributed by atoms with Crippen LogP contribution < -0.4 is 5.43 Å². The molecule has 22 heavy (non-hydrogen) atoms. The third-order valence-corrected chi connectivity index (χ3v) is 3.33. The van der Waals surface area contributed by atoms with Gasteiger partial charge in [0, 0.05) is 11.5 Å². The maximum atomic E-state index is 14.1. The molecule has 0 bridgehead atoms. The summed E-state index contributed by atoms with van der Waals surface area (Å²) in [6.07, 6.45) is 0. The molecule has 0 aliphatic carbocycles. The highest BCUT2D eigenvalue weighted by Crippen LogP contribution is 2.23. The van der Waals surface area contributed by atoms with Gasteiger partial charge in [0.25, 0.3) is 0 Å². The van der Waals surface area contributed by atoms with Crippen LogP contribution in [0.2, 0.25) is 0 Å². The number of rotatable bonds is 2. The number of benzene rings is 2. The molecule has 1 heterocycles. The highest BCUT2D eigenvalue weighted by Gasteiger charge is 2.17. The number of carboxylic acids is 1. The first kappa shape index (κ1) is 14.1. The van der Waals surface area contributed by atoms with Crippen molar-refractivity contribution in [2.75, 3.05) is 0 Å². The van der Waals surface area contributed by atoms with Gasteiger partial charge in [-0.15, -0.1) is 0 Å². The number of hydrogen-bond donors (Lipinski definition) is 1. The minimum absolute atomic E-state index is 0.0137. The molecule has 0 fully saturated rings. The summed E-state index contributed by atoms with van der Waals surface area (Å²) < 4.78 is 41.8. The number of nitrogens with zero attached hydrogens (tertiary/aromatic N) is 1. The second-order valence-electron chi connectivity index (χ2n) is 4.75. The normalized spacial score (nSPS) is 11.2. The van der Waals surface area contributed by atoms with Gasteiger partial charge in [-0.25, -0.2) is 13.2 Å². The van der Waals surface area contributed by atoms with Crippen molar-refractivity contribution < 1.29 is 23.1 Å². The van der Waals surface area contributed by atoms with Gasteiger partial charge in [0.1, 0.15) is 18.2 Å². The fraction of sp³-hybridized carbons (Fsp3) is 0.0667. The Balaban J connectivity index is 2.63. The van der Waals surface area contributed by atoms with Crippen molar-refractivity contribution in [1.82, 2.24) is 4.57 Å². The third-order valence-electron chi connectivity index (χ3n) is 3.33. The zero-order valence-electron chi connectivity index (χ0n) is 10.9. The highest BCUT2D eigenvalue weighted by atomic mass is 19.1. The topological polar surface area (TPSA) is 59.3 Å². The lowest BCUT2D eigenvalue weighted by molar-refractivity contribution is -0.137. The van der Waals surface area contributed by atoms with E-state index < -0.39 is 35.4 Å². The molecule has 0 aliphatic rings. The first-order chi connectivity index (χ1) is 10.4. The molecular weight excluding hydrogens is 299 g/mol. The van der Waals surface area contributed by atoms with Crippen LogP contribution in [0, 0.1) is 17.5 Å². The van der Waals surface area contributed by atoms with Crippen LogP contribution in [-0.2, 0) is 11.3 Å². The molecule has 1 aromatic heterocycles. The molecule has 112 valence electrons. The minimum atomic E-state index is -1.31. The maximum Gasteiger partial charge on any atom is 0.323 e. The van der Waals surface area contributed by atoms with Gasteiger partial charge in [-0.05, 0) is 24.3 Å². The molecule has 1 N–H and O–H groups in total. The lowest BCUT2D eigenvalue weighted by atomic mass is 10.1. The van der Waals surface area contributed by atoms with Gasteiger partial charge in [-0.3, -0.25) is 9.59 Å². The van der Waals surface area contributed by atoms with E-state index in [1.54, 1.807) is 0 Å². The van der Waals surface area contributed by atoms with Crippen LogP contribution in [-0.4, -0.2) is 15.6 Å². The number of aromatic nitrogens is 1. The Bertz CT molecular complexity index is 995. The molecule has 0 atom stereocenters. The van der Waals surface area contributed by atoms with Gasteiger partial charge >= 0.3 is 5.97 Å². The molecule has 0 radical (unpaired) electrons. The summed E-state index contributed by atoms with van der Waals surface area (Å²) in [4.78, 5) is 23.3. The van der Waals surface area contributed by atoms with Gasteiger partial charge in [0.05, 0.1) is 16.4 Å². The second kappa shape index (κ2) is 4.87. The zero-order chi connectivity index (χ0) is 16.0. The molecular formula is C15H8F3NO3. The Hall–Kier alpha value is -2.83. The van der Waals surface area contributed by atoms with E-state index >= 15 is 0 Å². The van der Waals surface area contributed by atoms with Gasteiger partial charge < -0.3 is 9.67 Å². The molecule has 0 amide bonds. The number of fused-ring (bicyclic) bond motifs is 2. The molecule has 0 spiro atoms. The van der Waals surface area contributed by atoms with Crippen LogP contribution in [0.15, 0.2) is 35.1 Å². The molecule has 0 saturated heterocycles. The van der Waals surface area contributed by atoms with Crippen molar-refractivity contribution in [3.8, 4) is 0 Å². The van der Waals surface area contributed by atoms with E-state index in [4.69, 9.17) is 5.11 Å². The molecule has 7 heteroatoms. The van der Waals surface area contributed by atoms with Crippen LogP contribution >= 0.6 is 0 Å². The predicted octanol–water partition coefficient (Wildman–Crippen LogP) is 2.66. The molecule has 0 saturated carbocycles. The summed E-state index contributed by atoms with van der Waals surface area (Å²) in [7, 11) is 0. The largest absolute Gasteiger partial charge is 0.480 e. The van der Waals surface area contributed by atoms with Gasteiger partial charge in [0.2, 0.25) is 0 Å². The number of carbonyl (C=O) groups is 1. The van der Waals surface area contributed by atoms with E-state index in [-0.39, 0.29) is 21.8 Å². The van der Waals surface area contributed by atoms with Gasteiger partial charge in [0.15, 0.2) is 11.2 Å². The van der Waals surface area contributed by atoms with Crippen molar-refractivity contribution in [1.29, 1.82) is 0 Å². The number of halogens is 3. The Morgan fingerprint density at radius 1 is 1.05 bits per heavy atom. The van der Waals surface area contributed by atoms with E-state index in [2.05, 4.69) is 0 Å². The van der Waals surface area contributed by atoms with Crippen LogP contribution in [0.25, 0.3) is 21.8 Å². The predicted molar refractivity (Wildman–Crippen MR) is 73.2 cm³/mol. The van der Waals surface area contributed by atoms with Gasteiger partial charge in [-0.1, -0.05) is 0 Å². The summed E-state index contributed by atoms with van der Waals surface area (Å²) in [6.45, 7) is -0.695. The quantitative estimate of drug-likeness (QED) is 0.741. The fourth-order valence-corrected chi connectivity index (χ4v) is 2.50. The van der Waals surface area contributed by atoms with E-state index in [0.717, 1.165) is 28.8 Å². The summed E-state index contributed by atoms with van der Waals surface area (Å²) in [5.74, 6) is -4.04. The van der Waals surface area contributed by atoms with Crippen molar-refractivity contribution >= 4 is 27.8 Å². The van der Waals surface area contributed by atoms with Crippen molar-refractivity contribution in [2.24, 2.45) is 0 Å². The highest BCUT2D eigenvalue weighted by molar-refractivity contribution is 5.94. The Morgan fingerprint density at radius 3 is 2.45 bits per heavy atom. The average Bonchev–Trinajstić information content (AvgIpc) is 2.42.